The lowest BCUT2D eigenvalue weighted by Gasteiger charge is -2.32. The highest BCUT2D eigenvalue weighted by Crippen LogP contribution is 2.37. The maximum absolute atomic E-state index is 6.24. The van der Waals surface area contributed by atoms with E-state index in [9.17, 15) is 0 Å². The molecule has 1 fully saturated rings. The lowest BCUT2D eigenvalue weighted by Crippen LogP contribution is -2.41. The molecule has 1 saturated heterocycles. The first-order valence-electron chi connectivity index (χ1n) is 9.68. The molecule has 2 aromatic rings. The quantitative estimate of drug-likeness (QED) is 0.490. The number of nitrogens with zero attached hydrogens (tertiary/aromatic N) is 2. The molecule has 28 heavy (non-hydrogen) atoms. The van der Waals surface area contributed by atoms with Gasteiger partial charge in [-0.25, -0.2) is 4.98 Å². The summed E-state index contributed by atoms with van der Waals surface area (Å²) >= 11 is 0. The third-order valence-electron chi connectivity index (χ3n) is 6.05. The zero-order chi connectivity index (χ0) is 19.5. The van der Waals surface area contributed by atoms with E-state index in [0.29, 0.717) is 0 Å². The molecule has 0 radical (unpaired) electrons. The molecule has 4 nitrogen and oxygen atoms in total. The van der Waals surface area contributed by atoms with Crippen molar-refractivity contribution in [2.45, 2.75) is 38.9 Å². The summed E-state index contributed by atoms with van der Waals surface area (Å²) in [6.45, 7) is 8.31. The summed E-state index contributed by atoms with van der Waals surface area (Å²) in [5.41, 5.74) is 4.49. The van der Waals surface area contributed by atoms with E-state index >= 15 is 0 Å². The predicted molar refractivity (Wildman–Crippen MR) is 113 cm³/mol. The van der Waals surface area contributed by atoms with Gasteiger partial charge in [-0.2, -0.15) is 0 Å². The summed E-state index contributed by atoms with van der Waals surface area (Å²) < 4.78 is 14.7. The maximum atomic E-state index is 6.24. The smallest absolute Gasteiger partial charge is 0.399 e. The molecule has 0 spiro atoms. The molecular formula is C23H23BN2O2. The van der Waals surface area contributed by atoms with Crippen LogP contribution in [0.25, 0.3) is 28.0 Å². The molecular weight excluding hydrogens is 347 g/mol. The number of hydrogen-bond acceptors (Lipinski definition) is 3. The lowest BCUT2D eigenvalue weighted by molar-refractivity contribution is 0.00578. The second-order valence-corrected chi connectivity index (χ2v) is 8.42. The van der Waals surface area contributed by atoms with Crippen molar-refractivity contribution in [3.63, 3.8) is 0 Å². The van der Waals surface area contributed by atoms with Crippen LogP contribution < -0.4 is 5.46 Å². The van der Waals surface area contributed by atoms with Crippen LogP contribution in [0.3, 0.4) is 0 Å². The first-order valence-corrected chi connectivity index (χ1v) is 9.68. The molecule has 0 amide bonds. The highest BCUT2D eigenvalue weighted by molar-refractivity contribution is 6.62. The number of hydrogen-bond donors (Lipinski definition) is 0. The average molecular weight is 370 g/mol. The van der Waals surface area contributed by atoms with Gasteiger partial charge in [0.15, 0.2) is 0 Å². The van der Waals surface area contributed by atoms with E-state index in [0.717, 1.165) is 33.4 Å². The Morgan fingerprint density at radius 1 is 0.857 bits per heavy atom. The molecule has 0 atom stereocenters. The molecule has 0 unspecified atom stereocenters. The van der Waals surface area contributed by atoms with Crippen molar-refractivity contribution in [1.82, 2.24) is 9.55 Å². The Morgan fingerprint density at radius 2 is 1.61 bits per heavy atom. The average Bonchev–Trinajstić information content (AvgIpc) is 3.15. The van der Waals surface area contributed by atoms with Crippen molar-refractivity contribution in [3.8, 4) is 17.1 Å². The van der Waals surface area contributed by atoms with Crippen molar-refractivity contribution in [2.75, 3.05) is 0 Å². The van der Waals surface area contributed by atoms with E-state index in [4.69, 9.17) is 14.3 Å². The fourth-order valence-corrected chi connectivity index (χ4v) is 3.77. The first kappa shape index (κ1) is 17.5. The standard InChI is InChI=1S/C23H23BN2O2/c1-22(2)23(3,4)28-24(27-22)16-9-7-10-17(15-16)26-14-8-13-20-21(26)18-11-5-6-12-19(18)25-20/h5-15H,1-4H3. The van der Waals surface area contributed by atoms with Crippen LogP contribution in [-0.4, -0.2) is 27.9 Å². The number of aromatic nitrogens is 2. The van der Waals surface area contributed by atoms with Crippen molar-refractivity contribution < 1.29 is 9.31 Å². The van der Waals surface area contributed by atoms with Crippen LogP contribution in [0.5, 0.6) is 0 Å². The molecule has 0 N–H and O–H groups in total. The summed E-state index contributed by atoms with van der Waals surface area (Å²) in [5, 5.41) is 1.15. The second kappa shape index (κ2) is 5.93. The molecule has 5 rings (SSSR count). The zero-order valence-corrected chi connectivity index (χ0v) is 16.6. The lowest BCUT2D eigenvalue weighted by atomic mass is 9.79. The van der Waals surface area contributed by atoms with E-state index in [2.05, 4.69) is 87.0 Å². The Kier molecular flexibility index (Phi) is 3.70. The topological polar surface area (TPSA) is 36.3 Å². The molecule has 5 heteroatoms. The van der Waals surface area contributed by atoms with Crippen LogP contribution in [-0.2, 0) is 9.31 Å². The minimum atomic E-state index is -0.376. The Bertz CT molecular complexity index is 1130. The van der Waals surface area contributed by atoms with Gasteiger partial charge in [-0.1, -0.05) is 30.3 Å². The summed E-state index contributed by atoms with van der Waals surface area (Å²) in [7, 11) is -0.376. The van der Waals surface area contributed by atoms with Crippen molar-refractivity contribution in [3.05, 3.63) is 66.9 Å². The van der Waals surface area contributed by atoms with Gasteiger partial charge < -0.3 is 13.9 Å². The highest BCUT2D eigenvalue weighted by atomic mass is 16.7. The van der Waals surface area contributed by atoms with Crippen LogP contribution in [0.1, 0.15) is 27.7 Å². The number of benzene rings is 2. The van der Waals surface area contributed by atoms with Crippen LogP contribution in [0, 0.1) is 0 Å². The van der Waals surface area contributed by atoms with Crippen LogP contribution in [0.2, 0.25) is 0 Å². The zero-order valence-electron chi connectivity index (χ0n) is 16.6. The fraction of sp³-hybridized carbons (Fsp3) is 0.261. The fourth-order valence-electron chi connectivity index (χ4n) is 3.77. The number of fused-ring (bicyclic) bond motifs is 3. The molecule has 140 valence electrons. The van der Waals surface area contributed by atoms with E-state index in [1.54, 1.807) is 0 Å². The van der Waals surface area contributed by atoms with E-state index in [1.165, 1.54) is 0 Å². The summed E-state index contributed by atoms with van der Waals surface area (Å²) in [5.74, 6) is 0. The Balaban J connectivity index is 1.62. The monoisotopic (exact) mass is 370 g/mol. The van der Waals surface area contributed by atoms with Crippen molar-refractivity contribution in [1.29, 1.82) is 0 Å². The molecule has 3 aliphatic heterocycles. The number of pyridine rings is 1. The van der Waals surface area contributed by atoms with Gasteiger partial charge in [-0.3, -0.25) is 0 Å². The summed E-state index contributed by atoms with van der Waals surface area (Å²) in [6, 6.07) is 20.7. The number of para-hydroxylation sites is 1. The van der Waals surface area contributed by atoms with Gasteiger partial charge in [0.05, 0.1) is 28.1 Å². The van der Waals surface area contributed by atoms with Crippen LogP contribution in [0.15, 0.2) is 66.9 Å². The van der Waals surface area contributed by atoms with Crippen molar-refractivity contribution >= 4 is 23.5 Å². The molecule has 3 heterocycles. The molecule has 0 aromatic heterocycles. The molecule has 0 saturated carbocycles. The SMILES string of the molecule is CC1(C)OB(c2cccc(-n3cccc4nc5ccccc5c3-4)c2)OC1(C)C. The highest BCUT2D eigenvalue weighted by Gasteiger charge is 2.51. The van der Waals surface area contributed by atoms with Crippen LogP contribution in [0.4, 0.5) is 0 Å². The van der Waals surface area contributed by atoms with Gasteiger partial charge in [-0.15, -0.1) is 0 Å². The molecule has 0 aliphatic carbocycles. The van der Waals surface area contributed by atoms with Gasteiger partial charge in [-0.05, 0) is 63.5 Å². The van der Waals surface area contributed by atoms with Gasteiger partial charge >= 0.3 is 7.12 Å². The summed E-state index contributed by atoms with van der Waals surface area (Å²) in [6.07, 6.45) is 2.08. The summed E-state index contributed by atoms with van der Waals surface area (Å²) in [4.78, 5) is 4.77. The Morgan fingerprint density at radius 3 is 2.39 bits per heavy atom. The van der Waals surface area contributed by atoms with Crippen LogP contribution >= 0.6 is 0 Å². The predicted octanol–water partition coefficient (Wildman–Crippen LogP) is 4.43. The normalized spacial score (nSPS) is 18.2. The van der Waals surface area contributed by atoms with Gasteiger partial charge in [0.1, 0.15) is 0 Å². The first-order chi connectivity index (χ1) is 13.4. The second-order valence-electron chi connectivity index (χ2n) is 8.42. The van der Waals surface area contributed by atoms with E-state index in [1.807, 2.05) is 12.1 Å². The van der Waals surface area contributed by atoms with Crippen molar-refractivity contribution in [2.24, 2.45) is 0 Å². The molecule has 0 bridgehead atoms. The Hall–Kier alpha value is -2.63. The number of rotatable bonds is 2. The largest absolute Gasteiger partial charge is 0.494 e. The third-order valence-corrected chi connectivity index (χ3v) is 6.05. The maximum Gasteiger partial charge on any atom is 0.494 e. The van der Waals surface area contributed by atoms with E-state index < -0.39 is 0 Å². The van der Waals surface area contributed by atoms with Gasteiger partial charge in [0, 0.05) is 17.3 Å². The van der Waals surface area contributed by atoms with Gasteiger partial charge in [0.2, 0.25) is 0 Å². The Labute approximate surface area is 165 Å². The molecule has 2 aromatic carbocycles. The third kappa shape index (κ3) is 2.58. The van der Waals surface area contributed by atoms with Gasteiger partial charge in [0.25, 0.3) is 0 Å². The minimum absolute atomic E-state index is 0.355. The molecule has 3 aliphatic rings. The van der Waals surface area contributed by atoms with E-state index in [-0.39, 0.29) is 18.3 Å². The minimum Gasteiger partial charge on any atom is -0.399 e.